The lowest BCUT2D eigenvalue weighted by Crippen LogP contribution is -2.64. The van der Waals surface area contributed by atoms with Crippen molar-refractivity contribution in [1.29, 1.82) is 0 Å². The number of halogens is 2. The fraction of sp³-hybridized carbons (Fsp3) is 0.574. The second kappa shape index (κ2) is 25.3. The minimum Gasteiger partial charge on any atom is -0.399 e. The third kappa shape index (κ3) is 14.6. The number of benzene rings is 2. The molecule has 5 aliphatic heterocycles. The number of allylic oxidation sites excluding steroid dienone is 1. The summed E-state index contributed by atoms with van der Waals surface area (Å²) in [6.45, 7) is 11.2. The molecule has 7 rings (SSSR count). The minimum atomic E-state index is -0.718. The number of amides is 4. The first-order valence-electron chi connectivity index (χ1n) is 26.5. The van der Waals surface area contributed by atoms with Crippen molar-refractivity contribution in [2.45, 2.75) is 141 Å². The van der Waals surface area contributed by atoms with Crippen molar-refractivity contribution in [3.63, 3.8) is 0 Å². The van der Waals surface area contributed by atoms with Crippen LogP contribution in [0.2, 0.25) is 0 Å². The van der Waals surface area contributed by atoms with Crippen molar-refractivity contribution >= 4 is 47.0 Å². The lowest BCUT2D eigenvalue weighted by Gasteiger charge is -2.45. The Labute approximate surface area is 429 Å². The lowest BCUT2D eigenvalue weighted by molar-refractivity contribution is -0.136. The number of anilines is 2. The quantitative estimate of drug-likeness (QED) is 0.0189. The van der Waals surface area contributed by atoms with Crippen molar-refractivity contribution in [2.75, 3.05) is 62.6 Å². The number of nitrogens with one attached hydrogen (secondary N) is 5. The van der Waals surface area contributed by atoms with Crippen LogP contribution in [0.15, 0.2) is 65.2 Å². The molecule has 1 spiro atoms. The second-order valence-corrected chi connectivity index (χ2v) is 21.3. The van der Waals surface area contributed by atoms with Gasteiger partial charge in [0.15, 0.2) is 0 Å². The summed E-state index contributed by atoms with van der Waals surface area (Å²) in [6.07, 6.45) is 19.0. The van der Waals surface area contributed by atoms with Gasteiger partial charge in [-0.05, 0) is 114 Å². The normalized spacial score (nSPS) is 23.7. The number of unbranched alkanes of at least 4 members (excludes halogenated alkanes) is 5. The van der Waals surface area contributed by atoms with Gasteiger partial charge in [-0.15, -0.1) is 0 Å². The highest BCUT2D eigenvalue weighted by molar-refractivity contribution is 6.14. The predicted octanol–water partition coefficient (Wildman–Crippen LogP) is 5.65. The van der Waals surface area contributed by atoms with Crippen LogP contribution in [0.1, 0.15) is 139 Å². The molecule has 0 radical (unpaired) electrons. The first kappa shape index (κ1) is 54.7. The number of imide groups is 1. The van der Waals surface area contributed by atoms with E-state index in [-0.39, 0.29) is 47.8 Å². The molecule has 17 nitrogen and oxygen atoms in total. The first-order valence-corrected chi connectivity index (χ1v) is 26.5. The van der Waals surface area contributed by atoms with E-state index in [9.17, 15) is 19.2 Å². The molecule has 3 unspecified atom stereocenters. The molecule has 2 aromatic carbocycles. The van der Waals surface area contributed by atoms with Crippen LogP contribution in [0.25, 0.3) is 5.70 Å². The zero-order valence-corrected chi connectivity index (χ0v) is 43.2. The summed E-state index contributed by atoms with van der Waals surface area (Å²) in [6, 6.07) is 7.45. The average Bonchev–Trinajstić information content (AvgIpc) is 3.61. The van der Waals surface area contributed by atoms with Crippen LogP contribution < -0.4 is 48.8 Å². The number of carbonyl (C=O) groups excluding carboxylic acids is 4. The van der Waals surface area contributed by atoms with Gasteiger partial charge >= 0.3 is 0 Å². The van der Waals surface area contributed by atoms with Gasteiger partial charge < -0.3 is 42.6 Å². The highest BCUT2D eigenvalue weighted by atomic mass is 19.1. The van der Waals surface area contributed by atoms with Gasteiger partial charge in [-0.25, -0.2) is 19.6 Å². The molecule has 3 atom stereocenters. The Kier molecular flexibility index (Phi) is 18.9. The predicted molar refractivity (Wildman–Crippen MR) is 283 cm³/mol. The van der Waals surface area contributed by atoms with Gasteiger partial charge in [0.1, 0.15) is 23.5 Å². The van der Waals surface area contributed by atoms with Gasteiger partial charge in [-0.1, -0.05) is 58.6 Å². The topological polar surface area (TPSA) is 232 Å². The highest BCUT2D eigenvalue weighted by Gasteiger charge is 2.43. The van der Waals surface area contributed by atoms with Crippen LogP contribution in [-0.2, 0) is 20.9 Å². The molecule has 11 N–H and O–H groups in total. The van der Waals surface area contributed by atoms with Gasteiger partial charge in [0.05, 0.1) is 41.9 Å². The van der Waals surface area contributed by atoms with Crippen LogP contribution in [0.3, 0.4) is 0 Å². The maximum atomic E-state index is 15.7. The van der Waals surface area contributed by atoms with Crippen molar-refractivity contribution < 1.29 is 28.0 Å². The molecule has 398 valence electrons. The van der Waals surface area contributed by atoms with Crippen molar-refractivity contribution in [3.05, 3.63) is 88.5 Å². The van der Waals surface area contributed by atoms with Crippen molar-refractivity contribution in [1.82, 2.24) is 36.1 Å². The molecule has 19 heteroatoms. The van der Waals surface area contributed by atoms with E-state index in [2.05, 4.69) is 50.3 Å². The van der Waals surface area contributed by atoms with Crippen LogP contribution in [0.5, 0.6) is 0 Å². The molecule has 0 aliphatic carbocycles. The van der Waals surface area contributed by atoms with Crippen molar-refractivity contribution in [3.8, 4) is 0 Å². The molecule has 0 saturated carbocycles. The molecular formula is C54H79F2N13O4. The van der Waals surface area contributed by atoms with Crippen LogP contribution in [0, 0.1) is 17.0 Å². The Morgan fingerprint density at radius 2 is 1.74 bits per heavy atom. The molecule has 0 bridgehead atoms. The Morgan fingerprint density at radius 3 is 2.49 bits per heavy atom. The largest absolute Gasteiger partial charge is 0.399 e. The van der Waals surface area contributed by atoms with E-state index < -0.39 is 29.1 Å². The number of piperidine rings is 2. The maximum absolute atomic E-state index is 15.7. The molecule has 5 heterocycles. The van der Waals surface area contributed by atoms with E-state index in [1.807, 2.05) is 31.2 Å². The van der Waals surface area contributed by atoms with E-state index >= 15 is 8.78 Å². The summed E-state index contributed by atoms with van der Waals surface area (Å²) in [5, 5.41) is 17.6. The Morgan fingerprint density at radius 1 is 0.973 bits per heavy atom. The van der Waals surface area contributed by atoms with E-state index in [1.54, 1.807) is 27.1 Å². The molecule has 73 heavy (non-hydrogen) atoms. The average molecular weight is 1010 g/mol. The molecule has 4 saturated heterocycles. The van der Waals surface area contributed by atoms with E-state index in [0.717, 1.165) is 101 Å². The number of hydrogen-bond donors (Lipinski definition) is 8. The zero-order chi connectivity index (χ0) is 52.1. The van der Waals surface area contributed by atoms with E-state index in [4.69, 9.17) is 17.3 Å². The first-order chi connectivity index (χ1) is 35.1. The van der Waals surface area contributed by atoms with Gasteiger partial charge in [0.2, 0.25) is 17.7 Å². The zero-order valence-electron chi connectivity index (χ0n) is 43.2. The SMILES string of the molecule is CC/C=C1\c2c(NCCCCCCCCN(N)/C=C(\N)CNC(=C/C3CCCC4(CCN3)CN(c3cc(F)c(CN5CCC(C)(C)CC5)cc3F)CC(=O)N4)/N=C\N)cccc2C(=O)N1C1CCC(=O)NC1=O. The molecule has 4 fully saturated rings. The number of fused-ring (bicyclic) bond motifs is 1. The summed E-state index contributed by atoms with van der Waals surface area (Å²) in [5.41, 5.74) is 15.7. The molecule has 0 aromatic heterocycles. The standard InChI is InChI=1S/C54H79F2N13O4/c1-4-13-44-50-40(52(73)69(44)45-17-18-48(70)64-51(45)72)15-11-16-43(50)61-23-9-7-5-6-8-10-25-68(59)33-38(58)31-62-47(63-36-57)29-39-14-12-19-54(20-24-60-39)35-67(34-49(71)65-54)46-30-41(55)37(28-42(46)56)32-66-26-21-53(2,3)22-27-66/h11,13,15-16,28-30,33,36,39,45,60-62H,4-10,12,14,17-27,31-32,34-35,58-59H2,1-3H3,(H2,57,63)(H,65,71)(H,64,70,72)/b38-33-,44-13+,47-29-. The molecule has 2 aromatic rings. The Bertz CT molecular complexity index is 2400. The molecular weight excluding hydrogens is 933 g/mol. The Hall–Kier alpha value is -6.05. The minimum absolute atomic E-state index is 0.0362. The number of rotatable bonds is 21. The number of aliphatic imine (C=N–C) groups is 1. The molecule has 5 aliphatic rings. The van der Waals surface area contributed by atoms with Gasteiger partial charge in [-0.2, -0.15) is 0 Å². The monoisotopic (exact) mass is 1010 g/mol. The fourth-order valence-electron chi connectivity index (χ4n) is 10.9. The van der Waals surface area contributed by atoms with E-state index in [1.165, 1.54) is 18.5 Å². The number of likely N-dealkylation sites (tertiary alicyclic amines) is 1. The summed E-state index contributed by atoms with van der Waals surface area (Å²) in [7, 11) is 0. The molecule has 4 amide bonds. The second-order valence-electron chi connectivity index (χ2n) is 21.3. The number of hydrazine groups is 1. The smallest absolute Gasteiger partial charge is 0.259 e. The number of piperazine rings is 1. The fourth-order valence-corrected chi connectivity index (χ4v) is 10.9. The lowest BCUT2D eigenvalue weighted by atomic mass is 9.82. The summed E-state index contributed by atoms with van der Waals surface area (Å²) < 4.78 is 31.3. The number of carbonyl (C=O) groups is 4. The summed E-state index contributed by atoms with van der Waals surface area (Å²) in [5.74, 6) is 4.74. The number of nitrogens with two attached hydrogens (primary N) is 3. The summed E-state index contributed by atoms with van der Waals surface area (Å²) >= 11 is 0. The third-order valence-electron chi connectivity index (χ3n) is 15.0. The van der Waals surface area contributed by atoms with Crippen LogP contribution in [0.4, 0.5) is 20.2 Å². The van der Waals surface area contributed by atoms with Gasteiger partial charge in [-0.3, -0.25) is 34.3 Å². The summed E-state index contributed by atoms with van der Waals surface area (Å²) in [4.78, 5) is 61.1. The highest BCUT2D eigenvalue weighted by Crippen LogP contribution is 2.41. The Balaban J connectivity index is 0.798. The van der Waals surface area contributed by atoms with Crippen LogP contribution >= 0.6 is 0 Å². The number of nitrogens with zero attached hydrogens (tertiary/aromatic N) is 5. The van der Waals surface area contributed by atoms with Crippen LogP contribution in [-0.4, -0.2) is 115 Å². The van der Waals surface area contributed by atoms with Gasteiger partial charge in [0, 0.05) is 73.4 Å². The van der Waals surface area contributed by atoms with E-state index in [0.29, 0.717) is 81.1 Å². The van der Waals surface area contributed by atoms with Gasteiger partial charge in [0.25, 0.3) is 5.91 Å². The maximum Gasteiger partial charge on any atom is 0.259 e. The number of hydrogen-bond acceptors (Lipinski definition) is 13. The van der Waals surface area contributed by atoms with Crippen molar-refractivity contribution in [2.24, 2.45) is 27.7 Å². The third-order valence-corrected chi connectivity index (χ3v) is 15.0.